The Morgan fingerprint density at radius 3 is 1.45 bits per heavy atom. The van der Waals surface area contributed by atoms with Gasteiger partial charge >= 0.3 is 5.97 Å². The van der Waals surface area contributed by atoms with E-state index in [4.69, 9.17) is 5.11 Å². The number of carbonyl (C=O) groups excluding carboxylic acids is 1. The Bertz CT molecular complexity index is 417. The van der Waals surface area contributed by atoms with E-state index in [1.54, 1.807) is 11.8 Å². The van der Waals surface area contributed by atoms with Crippen LogP contribution in [0.2, 0.25) is 0 Å². The summed E-state index contributed by atoms with van der Waals surface area (Å²) in [5.41, 5.74) is 0. The molecule has 4 nitrogen and oxygen atoms in total. The fourth-order valence-electron chi connectivity index (χ4n) is 3.95. The van der Waals surface area contributed by atoms with Crippen LogP contribution in [0.25, 0.3) is 0 Å². The van der Waals surface area contributed by atoms with Crippen molar-refractivity contribution < 1.29 is 14.7 Å². The van der Waals surface area contributed by atoms with Gasteiger partial charge in [-0.1, -0.05) is 116 Å². The first kappa shape index (κ1) is 30.3. The van der Waals surface area contributed by atoms with Gasteiger partial charge in [-0.3, -0.25) is 4.79 Å². The van der Waals surface area contributed by atoms with Gasteiger partial charge in [-0.2, -0.15) is 11.8 Å². The number of nitrogens with one attached hydrogen (secondary N) is 1. The Labute approximate surface area is 197 Å². The summed E-state index contributed by atoms with van der Waals surface area (Å²) in [4.78, 5) is 23.1. The van der Waals surface area contributed by atoms with Crippen LogP contribution >= 0.6 is 11.8 Å². The molecule has 0 aliphatic rings. The summed E-state index contributed by atoms with van der Waals surface area (Å²) in [6.07, 6.45) is 26.8. The van der Waals surface area contributed by atoms with Crippen molar-refractivity contribution in [2.45, 2.75) is 141 Å². The second-order valence-corrected chi connectivity index (χ2v) is 9.99. The molecule has 0 saturated carbocycles. The Hall–Kier alpha value is -0.710. The normalized spacial score (nSPS) is 12.1. The highest BCUT2D eigenvalue weighted by atomic mass is 32.2. The van der Waals surface area contributed by atoms with Gasteiger partial charge in [0.1, 0.15) is 6.04 Å². The Morgan fingerprint density at radius 1 is 0.710 bits per heavy atom. The van der Waals surface area contributed by atoms with Gasteiger partial charge in [0.2, 0.25) is 5.91 Å². The van der Waals surface area contributed by atoms with Crippen LogP contribution in [0.3, 0.4) is 0 Å². The zero-order chi connectivity index (χ0) is 23.0. The lowest BCUT2D eigenvalue weighted by molar-refractivity contribution is -0.141. The van der Waals surface area contributed by atoms with Crippen molar-refractivity contribution >= 4 is 23.6 Å². The third-order valence-corrected chi connectivity index (χ3v) is 6.65. The topological polar surface area (TPSA) is 66.4 Å². The second-order valence-electron chi connectivity index (χ2n) is 9.00. The lowest BCUT2D eigenvalue weighted by Gasteiger charge is -2.13. The van der Waals surface area contributed by atoms with Crippen molar-refractivity contribution in [1.29, 1.82) is 0 Å². The summed E-state index contributed by atoms with van der Waals surface area (Å²) in [6.45, 7) is 2.28. The molecule has 0 aromatic carbocycles. The van der Waals surface area contributed by atoms with Crippen LogP contribution in [0.4, 0.5) is 0 Å². The third kappa shape index (κ3) is 22.3. The maximum atomic E-state index is 11.9. The van der Waals surface area contributed by atoms with E-state index in [0.29, 0.717) is 12.8 Å². The average Bonchev–Trinajstić information content (AvgIpc) is 2.75. The first-order valence-electron chi connectivity index (χ1n) is 13.1. The van der Waals surface area contributed by atoms with Crippen molar-refractivity contribution in [2.24, 2.45) is 0 Å². The monoisotopic (exact) mass is 457 g/mol. The van der Waals surface area contributed by atoms with E-state index in [2.05, 4.69) is 12.2 Å². The molecule has 0 spiro atoms. The quantitative estimate of drug-likeness (QED) is 0.145. The van der Waals surface area contributed by atoms with E-state index in [1.807, 2.05) is 6.26 Å². The van der Waals surface area contributed by atoms with Crippen molar-refractivity contribution in [1.82, 2.24) is 5.32 Å². The highest BCUT2D eigenvalue weighted by molar-refractivity contribution is 7.98. The Kier molecular flexibility index (Phi) is 23.4. The molecule has 184 valence electrons. The fraction of sp³-hybridized carbons (Fsp3) is 0.923. The smallest absolute Gasteiger partial charge is 0.326 e. The van der Waals surface area contributed by atoms with Crippen LogP contribution in [0.15, 0.2) is 0 Å². The van der Waals surface area contributed by atoms with E-state index >= 15 is 0 Å². The molecule has 0 bridgehead atoms. The number of hydrogen-bond donors (Lipinski definition) is 2. The number of carboxylic acids is 1. The van der Waals surface area contributed by atoms with Gasteiger partial charge < -0.3 is 10.4 Å². The lowest BCUT2D eigenvalue weighted by atomic mass is 10.0. The molecule has 0 unspecified atom stereocenters. The highest BCUT2D eigenvalue weighted by Crippen LogP contribution is 2.14. The molecule has 1 amide bonds. The summed E-state index contributed by atoms with van der Waals surface area (Å²) in [5, 5.41) is 11.8. The molecule has 1 atom stereocenters. The number of rotatable bonds is 24. The van der Waals surface area contributed by atoms with Crippen LogP contribution in [0.5, 0.6) is 0 Å². The minimum Gasteiger partial charge on any atom is -0.480 e. The standard InChI is InChI=1S/C26H51NO3S/c1-3-4-5-6-7-8-9-10-11-12-13-14-15-16-17-18-19-20-21-25(28)27-24(26(29)30)22-23-31-2/h24H,3-23H2,1-2H3,(H,27,28)(H,29,30)/t24-/m0/s1. The lowest BCUT2D eigenvalue weighted by Crippen LogP contribution is -2.41. The molecule has 2 N–H and O–H groups in total. The molecule has 0 aromatic rings. The molecular formula is C26H51NO3S. The third-order valence-electron chi connectivity index (χ3n) is 6.00. The molecular weight excluding hydrogens is 406 g/mol. The van der Waals surface area contributed by atoms with Gasteiger partial charge in [0.15, 0.2) is 0 Å². The number of hydrogen-bond acceptors (Lipinski definition) is 3. The van der Waals surface area contributed by atoms with Crippen LogP contribution < -0.4 is 5.32 Å². The van der Waals surface area contributed by atoms with Crippen LogP contribution in [0.1, 0.15) is 135 Å². The first-order valence-corrected chi connectivity index (χ1v) is 14.5. The number of carbonyl (C=O) groups is 2. The molecule has 0 aromatic heterocycles. The summed E-state index contributed by atoms with van der Waals surface area (Å²) < 4.78 is 0. The summed E-state index contributed by atoms with van der Waals surface area (Å²) >= 11 is 1.60. The van der Waals surface area contributed by atoms with Gasteiger partial charge in [-0.25, -0.2) is 4.79 Å². The van der Waals surface area contributed by atoms with Gasteiger partial charge in [-0.05, 0) is 24.9 Å². The molecule has 0 aliphatic carbocycles. The zero-order valence-corrected chi connectivity index (χ0v) is 21.4. The fourth-order valence-corrected chi connectivity index (χ4v) is 4.42. The Morgan fingerprint density at radius 2 is 1.10 bits per heavy atom. The van der Waals surface area contributed by atoms with Crippen molar-refractivity contribution in [3.05, 3.63) is 0 Å². The predicted octanol–water partition coefficient (Wildman–Crippen LogP) is 7.74. The number of thioether (sulfide) groups is 1. The van der Waals surface area contributed by atoms with Crippen LogP contribution in [-0.4, -0.2) is 35.0 Å². The van der Waals surface area contributed by atoms with E-state index in [-0.39, 0.29) is 5.91 Å². The van der Waals surface area contributed by atoms with Crippen molar-refractivity contribution in [3.63, 3.8) is 0 Å². The predicted molar refractivity (Wildman–Crippen MR) is 136 cm³/mol. The second kappa shape index (κ2) is 23.9. The van der Waals surface area contributed by atoms with Crippen LogP contribution in [-0.2, 0) is 9.59 Å². The molecule has 0 aliphatic heterocycles. The minimum absolute atomic E-state index is 0.120. The first-order chi connectivity index (χ1) is 15.1. The van der Waals surface area contributed by atoms with Crippen LogP contribution in [0, 0.1) is 0 Å². The maximum absolute atomic E-state index is 11.9. The van der Waals surface area contributed by atoms with Gasteiger partial charge in [0, 0.05) is 6.42 Å². The SMILES string of the molecule is CCCCCCCCCCCCCCCCCCCCC(=O)N[C@@H](CCSC)C(=O)O. The molecule has 31 heavy (non-hydrogen) atoms. The summed E-state index contributed by atoms with van der Waals surface area (Å²) in [6, 6.07) is -0.740. The molecule has 5 heteroatoms. The minimum atomic E-state index is -0.930. The molecule has 0 rings (SSSR count). The van der Waals surface area contributed by atoms with E-state index in [9.17, 15) is 9.59 Å². The van der Waals surface area contributed by atoms with Crippen molar-refractivity contribution in [3.8, 4) is 0 Å². The number of unbranched alkanes of at least 4 members (excludes halogenated alkanes) is 17. The maximum Gasteiger partial charge on any atom is 0.326 e. The van der Waals surface area contributed by atoms with Gasteiger partial charge in [0.25, 0.3) is 0 Å². The van der Waals surface area contributed by atoms with Crippen molar-refractivity contribution in [2.75, 3.05) is 12.0 Å². The van der Waals surface area contributed by atoms with Gasteiger partial charge in [0.05, 0.1) is 0 Å². The Balaban J connectivity index is 3.32. The molecule has 0 saturated heterocycles. The summed E-state index contributed by atoms with van der Waals surface area (Å²) in [7, 11) is 0. The molecule has 0 radical (unpaired) electrons. The van der Waals surface area contributed by atoms with E-state index in [0.717, 1.165) is 18.6 Å². The summed E-state index contributed by atoms with van der Waals surface area (Å²) in [5.74, 6) is -0.304. The largest absolute Gasteiger partial charge is 0.480 e. The number of carboxylic acid groups (broad SMARTS) is 1. The van der Waals surface area contributed by atoms with E-state index in [1.165, 1.54) is 103 Å². The zero-order valence-electron chi connectivity index (χ0n) is 20.6. The number of aliphatic carboxylic acids is 1. The van der Waals surface area contributed by atoms with Gasteiger partial charge in [-0.15, -0.1) is 0 Å². The molecule has 0 fully saturated rings. The van der Waals surface area contributed by atoms with E-state index < -0.39 is 12.0 Å². The molecule has 0 heterocycles. The highest BCUT2D eigenvalue weighted by Gasteiger charge is 2.18. The number of amides is 1. The average molecular weight is 458 g/mol.